The number of thiol groups is 1. The molecule has 1 aromatic rings. The Labute approximate surface area is 141 Å². The number of carboxylic acid groups (broad SMARTS) is 1. The maximum Gasteiger partial charge on any atom is 0.323 e. The Morgan fingerprint density at radius 3 is 2.61 bits per heavy atom. The van der Waals surface area contributed by atoms with E-state index in [2.05, 4.69) is 31.1 Å². The van der Waals surface area contributed by atoms with Crippen LogP contribution >= 0.6 is 12.9 Å². The van der Waals surface area contributed by atoms with Crippen molar-refractivity contribution < 1.29 is 23.9 Å². The van der Waals surface area contributed by atoms with E-state index in [-0.39, 0.29) is 24.5 Å². The van der Waals surface area contributed by atoms with Gasteiger partial charge in [0.15, 0.2) is 0 Å². The Morgan fingerprint density at radius 2 is 2.09 bits per heavy atom. The maximum absolute atomic E-state index is 11.3. The van der Waals surface area contributed by atoms with Crippen molar-refractivity contribution in [3.05, 3.63) is 23.8 Å². The van der Waals surface area contributed by atoms with Crippen molar-refractivity contribution in [2.45, 2.75) is 45.9 Å². The molecule has 0 spiro atoms. The molecule has 0 saturated carbocycles. The van der Waals surface area contributed by atoms with Crippen LogP contribution < -0.4 is 9.64 Å². The molecule has 2 rings (SSSR count). The minimum atomic E-state index is -0.955. The Morgan fingerprint density at radius 1 is 1.39 bits per heavy atom. The summed E-state index contributed by atoms with van der Waals surface area (Å²) in [5.41, 5.74) is 1.72. The monoisotopic (exact) mass is 341 g/mol. The van der Waals surface area contributed by atoms with E-state index in [9.17, 15) is 9.90 Å². The number of carbonyl (C=O) groups is 1. The minimum Gasteiger partial charge on any atom is -0.483 e. The molecule has 0 bridgehead atoms. The van der Waals surface area contributed by atoms with Gasteiger partial charge in [0.05, 0.1) is 5.69 Å². The van der Waals surface area contributed by atoms with E-state index in [1.165, 1.54) is 0 Å². The third-order valence-corrected chi connectivity index (χ3v) is 3.99. The molecular weight excluding hydrogens is 318 g/mol. The molecule has 7 heteroatoms. The highest BCUT2D eigenvalue weighted by atomic mass is 32.1. The Balaban J connectivity index is 2.55. The molecule has 23 heavy (non-hydrogen) atoms. The van der Waals surface area contributed by atoms with Crippen molar-refractivity contribution in [1.29, 1.82) is 0 Å². The zero-order chi connectivity index (χ0) is 17.1. The second-order valence-corrected chi connectivity index (χ2v) is 6.41. The molecule has 6 nitrogen and oxygen atoms in total. The molecule has 0 saturated heterocycles. The van der Waals surface area contributed by atoms with E-state index >= 15 is 0 Å². The van der Waals surface area contributed by atoms with E-state index in [1.54, 1.807) is 4.90 Å². The fraction of sp³-hybridized carbons (Fsp3) is 0.562. The van der Waals surface area contributed by atoms with Crippen LogP contribution in [0.4, 0.5) is 5.69 Å². The summed E-state index contributed by atoms with van der Waals surface area (Å²) in [6.07, 6.45) is -1.08. The van der Waals surface area contributed by atoms with Crippen molar-refractivity contribution in [3.8, 4) is 5.75 Å². The SMILES string of the molecule is CC(C)c1cccc2c1OC(C(C)C)C(OOS)N2CC(=O)O. The lowest BCUT2D eigenvalue weighted by atomic mass is 9.97. The second kappa shape index (κ2) is 7.42. The van der Waals surface area contributed by atoms with E-state index in [0.717, 1.165) is 5.56 Å². The number of hydrogen-bond acceptors (Lipinski definition) is 6. The molecule has 0 radical (unpaired) electrons. The van der Waals surface area contributed by atoms with Crippen molar-refractivity contribution >= 4 is 24.6 Å². The Hall–Kier alpha value is -1.44. The Bertz CT molecular complexity index is 563. The summed E-state index contributed by atoms with van der Waals surface area (Å²) in [6, 6.07) is 5.71. The van der Waals surface area contributed by atoms with Gasteiger partial charge < -0.3 is 14.7 Å². The molecule has 2 unspecified atom stereocenters. The third kappa shape index (κ3) is 3.73. The van der Waals surface area contributed by atoms with Gasteiger partial charge in [-0.1, -0.05) is 39.8 Å². The fourth-order valence-electron chi connectivity index (χ4n) is 2.80. The highest BCUT2D eigenvalue weighted by Gasteiger charge is 2.41. The summed E-state index contributed by atoms with van der Waals surface area (Å²) in [5, 5.41) is 9.28. The number of carboxylic acids is 1. The summed E-state index contributed by atoms with van der Waals surface area (Å²) in [5.74, 6) is 0.0979. The van der Waals surface area contributed by atoms with Crippen LogP contribution in [0.2, 0.25) is 0 Å². The van der Waals surface area contributed by atoms with E-state index in [0.29, 0.717) is 11.4 Å². The molecule has 0 aliphatic carbocycles. The standard InChI is InChI=1S/C16H23NO5S/c1-9(2)11-6-5-7-12-15(11)20-14(10(3)4)16(21-22-23)17(12)8-13(18)19/h5-7,9-10,14,16,23H,8H2,1-4H3,(H,18,19). The Kier molecular flexibility index (Phi) is 5.78. The van der Waals surface area contributed by atoms with Crippen molar-refractivity contribution in [2.75, 3.05) is 11.4 Å². The molecule has 0 aromatic heterocycles. The predicted octanol–water partition coefficient (Wildman–Crippen LogP) is 3.24. The average molecular weight is 341 g/mol. The number of benzene rings is 1. The van der Waals surface area contributed by atoms with Crippen LogP contribution in [0.3, 0.4) is 0 Å². The van der Waals surface area contributed by atoms with Gasteiger partial charge in [0.1, 0.15) is 18.4 Å². The fourth-order valence-corrected chi connectivity index (χ4v) is 2.89. The van der Waals surface area contributed by atoms with Gasteiger partial charge in [-0.2, -0.15) is 9.22 Å². The molecule has 1 heterocycles. The van der Waals surface area contributed by atoms with Crippen LogP contribution in [-0.2, 0) is 14.0 Å². The first kappa shape index (κ1) is 17.9. The highest BCUT2D eigenvalue weighted by molar-refractivity contribution is 7.74. The minimum absolute atomic E-state index is 0.0909. The van der Waals surface area contributed by atoms with Gasteiger partial charge >= 0.3 is 5.97 Å². The lowest BCUT2D eigenvalue weighted by Gasteiger charge is -2.43. The van der Waals surface area contributed by atoms with Gasteiger partial charge in [-0.05, 0) is 23.5 Å². The zero-order valence-electron chi connectivity index (χ0n) is 13.7. The number of rotatable bonds is 6. The van der Waals surface area contributed by atoms with Gasteiger partial charge in [-0.3, -0.25) is 4.79 Å². The van der Waals surface area contributed by atoms with Gasteiger partial charge in [0, 0.05) is 12.9 Å². The molecule has 128 valence electrons. The number of para-hydroxylation sites is 1. The first-order chi connectivity index (χ1) is 10.9. The smallest absolute Gasteiger partial charge is 0.323 e. The van der Waals surface area contributed by atoms with Crippen LogP contribution in [0.1, 0.15) is 39.2 Å². The summed E-state index contributed by atoms with van der Waals surface area (Å²) < 4.78 is 10.7. The van der Waals surface area contributed by atoms with Gasteiger partial charge in [0.2, 0.25) is 6.23 Å². The summed E-state index contributed by atoms with van der Waals surface area (Å²) in [6.45, 7) is 7.90. The van der Waals surface area contributed by atoms with Crippen LogP contribution in [0.15, 0.2) is 18.2 Å². The third-order valence-electron chi connectivity index (χ3n) is 3.90. The zero-order valence-corrected chi connectivity index (χ0v) is 14.6. The van der Waals surface area contributed by atoms with E-state index in [4.69, 9.17) is 9.62 Å². The summed E-state index contributed by atoms with van der Waals surface area (Å²) >= 11 is 3.64. The topological polar surface area (TPSA) is 68.2 Å². The molecule has 1 aliphatic heterocycles. The van der Waals surface area contributed by atoms with Gasteiger partial charge in [-0.25, -0.2) is 0 Å². The largest absolute Gasteiger partial charge is 0.483 e. The maximum atomic E-state index is 11.3. The molecule has 1 aromatic carbocycles. The predicted molar refractivity (Wildman–Crippen MR) is 89.7 cm³/mol. The number of hydrogen-bond donors (Lipinski definition) is 2. The summed E-state index contributed by atoms with van der Waals surface area (Å²) in [7, 11) is 0. The first-order valence-electron chi connectivity index (χ1n) is 7.61. The molecule has 0 amide bonds. The number of anilines is 1. The summed E-state index contributed by atoms with van der Waals surface area (Å²) in [4.78, 5) is 18.2. The second-order valence-electron chi connectivity index (χ2n) is 6.26. The average Bonchev–Trinajstić information content (AvgIpc) is 2.47. The van der Waals surface area contributed by atoms with E-state index < -0.39 is 12.2 Å². The first-order valence-corrected chi connectivity index (χ1v) is 7.98. The van der Waals surface area contributed by atoms with E-state index in [1.807, 2.05) is 32.0 Å². The van der Waals surface area contributed by atoms with Gasteiger partial charge in [-0.15, -0.1) is 0 Å². The normalized spacial score (nSPS) is 20.6. The van der Waals surface area contributed by atoms with Crippen LogP contribution in [0, 0.1) is 5.92 Å². The van der Waals surface area contributed by atoms with Crippen LogP contribution in [0.25, 0.3) is 0 Å². The number of fused-ring (bicyclic) bond motifs is 1. The quantitative estimate of drug-likeness (QED) is 0.358. The van der Waals surface area contributed by atoms with Crippen molar-refractivity contribution in [1.82, 2.24) is 0 Å². The van der Waals surface area contributed by atoms with Crippen molar-refractivity contribution in [3.63, 3.8) is 0 Å². The lowest BCUT2D eigenvalue weighted by molar-refractivity contribution is -0.255. The molecule has 0 fully saturated rings. The number of nitrogens with zero attached hydrogens (tertiary/aromatic N) is 1. The lowest BCUT2D eigenvalue weighted by Crippen LogP contribution is -2.54. The van der Waals surface area contributed by atoms with Gasteiger partial charge in [0.25, 0.3) is 0 Å². The van der Waals surface area contributed by atoms with Crippen LogP contribution in [0.5, 0.6) is 5.75 Å². The molecular formula is C16H23NO5S. The van der Waals surface area contributed by atoms with Crippen LogP contribution in [-0.4, -0.2) is 30.0 Å². The number of aliphatic carboxylic acids is 1. The highest BCUT2D eigenvalue weighted by Crippen LogP contribution is 2.43. The molecule has 1 aliphatic rings. The number of ether oxygens (including phenoxy) is 1. The molecule has 2 atom stereocenters. The molecule has 1 N–H and O–H groups in total. The van der Waals surface area contributed by atoms with Crippen molar-refractivity contribution in [2.24, 2.45) is 5.92 Å².